The molecule has 1 aromatic heterocycles. The van der Waals surface area contributed by atoms with E-state index in [1.807, 2.05) is 0 Å². The summed E-state index contributed by atoms with van der Waals surface area (Å²) in [4.78, 5) is 30.5. The van der Waals surface area contributed by atoms with Crippen molar-refractivity contribution in [2.24, 2.45) is 0 Å². The lowest BCUT2D eigenvalue weighted by atomic mass is 10.1. The molecule has 9 nitrogen and oxygen atoms in total. The molecule has 0 spiro atoms. The van der Waals surface area contributed by atoms with E-state index in [1.54, 1.807) is 45.2 Å². The van der Waals surface area contributed by atoms with Crippen molar-refractivity contribution >= 4 is 23.8 Å². The van der Waals surface area contributed by atoms with E-state index in [9.17, 15) is 19.1 Å². The third-order valence-electron chi connectivity index (χ3n) is 4.90. The van der Waals surface area contributed by atoms with E-state index < -0.39 is 29.5 Å². The van der Waals surface area contributed by atoms with Crippen molar-refractivity contribution in [3.8, 4) is 17.6 Å². The number of hydrogen-bond donors (Lipinski definition) is 4. The second kappa shape index (κ2) is 10.8. The molecule has 0 radical (unpaired) electrons. The average Bonchev–Trinajstić information content (AvgIpc) is 2.92. The van der Waals surface area contributed by atoms with Gasteiger partial charge in [-0.25, -0.2) is 9.78 Å². The van der Waals surface area contributed by atoms with Crippen molar-refractivity contribution in [1.82, 2.24) is 15.6 Å². The van der Waals surface area contributed by atoms with Gasteiger partial charge in [0.25, 0.3) is 5.91 Å². The molecule has 0 aliphatic carbocycles. The van der Waals surface area contributed by atoms with Crippen molar-refractivity contribution in [2.75, 3.05) is 18.6 Å². The Balaban J connectivity index is 1.66. The van der Waals surface area contributed by atoms with E-state index in [1.165, 1.54) is 23.2 Å². The van der Waals surface area contributed by atoms with Crippen LogP contribution in [0, 0.1) is 23.2 Å². The van der Waals surface area contributed by atoms with Crippen LogP contribution in [0.1, 0.15) is 25.1 Å². The summed E-state index contributed by atoms with van der Waals surface area (Å²) in [5, 5.41) is 22.4. The quantitative estimate of drug-likeness (QED) is 0.297. The van der Waals surface area contributed by atoms with Crippen molar-refractivity contribution in [3.05, 3.63) is 65.4 Å². The first-order chi connectivity index (χ1) is 16.6. The lowest BCUT2D eigenvalue weighted by Crippen LogP contribution is -2.51. The molecule has 1 aliphatic heterocycles. The number of benzene rings is 1. The number of anilines is 1. The first-order valence-corrected chi connectivity index (χ1v) is 10.7. The predicted octanol–water partition coefficient (Wildman–Crippen LogP) is 2.14. The maximum atomic E-state index is 13.3. The van der Waals surface area contributed by atoms with E-state index in [-0.39, 0.29) is 13.0 Å². The number of nitrogens with zero attached hydrogens (tertiary/aromatic N) is 2. The number of nitrogens with one attached hydrogen (secondary N) is 3. The Hall–Kier alpha value is -4.23. The SMILES string of the molecule is CN1C(=O)C(NC(=O)N/C=C(\C=N)Cc2cccc(F)n2)COc2ccc(C#CC(C)(C)O)cc21. The van der Waals surface area contributed by atoms with Gasteiger partial charge in [0.15, 0.2) is 0 Å². The number of hydrogen-bond acceptors (Lipinski definition) is 6. The standard InChI is InChI=1S/C25H26FN5O4/c1-25(2,34)10-9-16-7-8-21-20(12-16)31(3)23(32)19(15-35-21)30-24(33)28-14-17(13-27)11-18-5-4-6-22(26)29-18/h4-8,12-14,19,27,34H,11,15H2,1-3H3,(H2,28,30,33)/b17-14-,27-13?. The number of urea groups is 1. The smallest absolute Gasteiger partial charge is 0.319 e. The van der Waals surface area contributed by atoms with Crippen LogP contribution >= 0.6 is 0 Å². The normalized spacial score (nSPS) is 15.7. The van der Waals surface area contributed by atoms with E-state index in [0.29, 0.717) is 28.3 Å². The van der Waals surface area contributed by atoms with Gasteiger partial charge in [-0.3, -0.25) is 4.79 Å². The Morgan fingerprint density at radius 3 is 2.86 bits per heavy atom. The summed E-state index contributed by atoms with van der Waals surface area (Å²) in [5.74, 6) is 5.01. The zero-order valence-corrected chi connectivity index (χ0v) is 19.6. The summed E-state index contributed by atoms with van der Waals surface area (Å²) < 4.78 is 19.0. The Labute approximate surface area is 202 Å². The van der Waals surface area contributed by atoms with E-state index in [2.05, 4.69) is 27.5 Å². The molecule has 2 heterocycles. The summed E-state index contributed by atoms with van der Waals surface area (Å²) in [7, 11) is 1.56. The largest absolute Gasteiger partial charge is 0.489 e. The van der Waals surface area contributed by atoms with Crippen LogP contribution in [0.3, 0.4) is 0 Å². The van der Waals surface area contributed by atoms with Gasteiger partial charge in [0.1, 0.15) is 24.0 Å². The lowest BCUT2D eigenvalue weighted by Gasteiger charge is -2.20. The number of ether oxygens (including phenoxy) is 1. The van der Waals surface area contributed by atoms with Crippen molar-refractivity contribution in [3.63, 3.8) is 0 Å². The first-order valence-electron chi connectivity index (χ1n) is 10.7. The fourth-order valence-corrected chi connectivity index (χ4v) is 3.16. The van der Waals surface area contributed by atoms with Crippen LogP contribution in [0.15, 0.2) is 48.2 Å². The molecule has 35 heavy (non-hydrogen) atoms. The van der Waals surface area contributed by atoms with Gasteiger partial charge >= 0.3 is 6.03 Å². The van der Waals surface area contributed by atoms with Crippen LogP contribution < -0.4 is 20.3 Å². The predicted molar refractivity (Wildman–Crippen MR) is 129 cm³/mol. The van der Waals surface area contributed by atoms with Crippen LogP contribution in [0.4, 0.5) is 14.9 Å². The molecular formula is C25H26FN5O4. The average molecular weight is 480 g/mol. The highest BCUT2D eigenvalue weighted by molar-refractivity contribution is 6.00. The van der Waals surface area contributed by atoms with Gasteiger partial charge in [0.05, 0.1) is 5.69 Å². The number of amides is 3. The number of carbonyl (C=O) groups excluding carboxylic acids is 2. The Kier molecular flexibility index (Phi) is 7.83. The summed E-state index contributed by atoms with van der Waals surface area (Å²) in [5.41, 5.74) is 0.699. The highest BCUT2D eigenvalue weighted by Gasteiger charge is 2.30. The Morgan fingerprint density at radius 2 is 2.17 bits per heavy atom. The molecule has 1 unspecified atom stereocenters. The second-order valence-corrected chi connectivity index (χ2v) is 8.36. The molecule has 0 saturated carbocycles. The van der Waals surface area contributed by atoms with Crippen LogP contribution in [0.2, 0.25) is 0 Å². The van der Waals surface area contributed by atoms with Crippen LogP contribution in [0.25, 0.3) is 0 Å². The highest BCUT2D eigenvalue weighted by Crippen LogP contribution is 2.31. The number of halogens is 1. The molecule has 0 fully saturated rings. The molecular weight excluding hydrogens is 453 g/mol. The lowest BCUT2D eigenvalue weighted by molar-refractivity contribution is -0.120. The number of rotatable bonds is 5. The molecule has 0 bridgehead atoms. The number of fused-ring (bicyclic) bond motifs is 1. The summed E-state index contributed by atoms with van der Waals surface area (Å²) >= 11 is 0. The number of aromatic nitrogens is 1. The fraction of sp³-hybridized carbons (Fsp3) is 0.280. The number of allylic oxidation sites excluding steroid dienone is 1. The first kappa shape index (κ1) is 25.4. The maximum absolute atomic E-state index is 13.3. The Bertz CT molecular complexity index is 1230. The highest BCUT2D eigenvalue weighted by atomic mass is 19.1. The van der Waals surface area contributed by atoms with E-state index in [0.717, 1.165) is 6.21 Å². The molecule has 2 aromatic rings. The van der Waals surface area contributed by atoms with Gasteiger partial charge in [-0.05, 0) is 49.8 Å². The molecule has 182 valence electrons. The third-order valence-corrected chi connectivity index (χ3v) is 4.90. The van der Waals surface area contributed by atoms with Crippen LogP contribution in [0.5, 0.6) is 5.75 Å². The zero-order valence-electron chi connectivity index (χ0n) is 19.6. The second-order valence-electron chi connectivity index (χ2n) is 8.36. The van der Waals surface area contributed by atoms with Crippen LogP contribution in [-0.2, 0) is 11.2 Å². The minimum atomic E-state index is -1.16. The summed E-state index contributed by atoms with van der Waals surface area (Å²) in [6, 6.07) is 7.76. The molecule has 1 aliphatic rings. The van der Waals surface area contributed by atoms with Gasteiger partial charge in [-0.15, -0.1) is 0 Å². The molecule has 4 N–H and O–H groups in total. The minimum Gasteiger partial charge on any atom is -0.489 e. The van der Waals surface area contributed by atoms with E-state index >= 15 is 0 Å². The van der Waals surface area contributed by atoms with Gasteiger partial charge in [0.2, 0.25) is 5.95 Å². The van der Waals surface area contributed by atoms with E-state index in [4.69, 9.17) is 10.1 Å². The van der Waals surface area contributed by atoms with Crippen molar-refractivity contribution in [2.45, 2.75) is 31.9 Å². The topological polar surface area (TPSA) is 128 Å². The number of pyridine rings is 1. The summed E-state index contributed by atoms with van der Waals surface area (Å²) in [6.07, 6.45) is 2.46. The molecule has 3 amide bonds. The van der Waals surface area contributed by atoms with Crippen molar-refractivity contribution in [1.29, 1.82) is 5.41 Å². The molecule has 3 rings (SSSR count). The number of carbonyl (C=O) groups is 2. The van der Waals surface area contributed by atoms with Crippen LogP contribution in [-0.4, -0.2) is 53.5 Å². The Morgan fingerprint density at radius 1 is 1.40 bits per heavy atom. The maximum Gasteiger partial charge on any atom is 0.319 e. The minimum absolute atomic E-state index is 0.0906. The molecule has 0 saturated heterocycles. The monoisotopic (exact) mass is 479 g/mol. The van der Waals surface area contributed by atoms with Gasteiger partial charge < -0.3 is 30.8 Å². The van der Waals surface area contributed by atoms with Crippen molar-refractivity contribution < 1.29 is 23.8 Å². The summed E-state index contributed by atoms with van der Waals surface area (Å²) in [6.45, 7) is 3.05. The molecule has 1 aromatic carbocycles. The van der Waals surface area contributed by atoms with Gasteiger partial charge in [-0.1, -0.05) is 17.9 Å². The fourth-order valence-electron chi connectivity index (χ4n) is 3.16. The third kappa shape index (κ3) is 7.12. The zero-order chi connectivity index (χ0) is 25.6. The number of likely N-dealkylation sites (N-methyl/N-ethyl adjacent to an activating group) is 1. The van der Waals surface area contributed by atoms with Gasteiger partial charge in [-0.2, -0.15) is 4.39 Å². The molecule has 1 atom stereocenters. The molecule has 10 heteroatoms. The number of aliphatic hydroxyl groups is 1. The van der Waals surface area contributed by atoms with Gasteiger partial charge in [0, 0.05) is 37.1 Å².